The van der Waals surface area contributed by atoms with E-state index in [1.54, 1.807) is 0 Å². The maximum atomic E-state index is 2.55. The summed E-state index contributed by atoms with van der Waals surface area (Å²) in [6, 6.07) is 4.00. The van der Waals surface area contributed by atoms with Crippen LogP contribution in [0.3, 0.4) is 0 Å². The largest absolute Gasteiger partial charge is 0.357 e. The van der Waals surface area contributed by atoms with Crippen LogP contribution in [0.1, 0.15) is 46.5 Å². The van der Waals surface area contributed by atoms with Crippen LogP contribution in [0.2, 0.25) is 0 Å². The van der Waals surface area contributed by atoms with Crippen LogP contribution in [-0.2, 0) is 7.05 Å². The minimum atomic E-state index is 1.25. The molecule has 0 bridgehead atoms. The fraction of sp³-hybridized carbons (Fsp3) is 0.733. The minimum Gasteiger partial charge on any atom is -0.357 e. The monoisotopic (exact) mass is 238 g/mol. The van der Waals surface area contributed by atoms with E-state index in [9.17, 15) is 0 Å². The second-order valence-electron chi connectivity index (χ2n) is 4.20. The third kappa shape index (κ3) is 8.99. The molecule has 0 aromatic carbocycles. The normalized spacial score (nSPS) is 16.0. The SMILES string of the molecule is CC.CCN1CCCCCC1.Cn1cccc1. The Morgan fingerprint density at radius 1 is 0.882 bits per heavy atom. The van der Waals surface area contributed by atoms with Crippen molar-refractivity contribution >= 4 is 0 Å². The lowest BCUT2D eigenvalue weighted by atomic mass is 10.2. The topological polar surface area (TPSA) is 8.17 Å². The molecule has 1 saturated heterocycles. The van der Waals surface area contributed by atoms with Gasteiger partial charge in [-0.1, -0.05) is 33.6 Å². The van der Waals surface area contributed by atoms with Gasteiger partial charge in [-0.15, -0.1) is 0 Å². The minimum absolute atomic E-state index is 1.25. The van der Waals surface area contributed by atoms with Gasteiger partial charge in [-0.3, -0.25) is 0 Å². The van der Waals surface area contributed by atoms with Gasteiger partial charge in [0.15, 0.2) is 0 Å². The highest BCUT2D eigenvalue weighted by Gasteiger charge is 2.04. The second kappa shape index (κ2) is 11.7. The zero-order valence-corrected chi connectivity index (χ0v) is 12.2. The van der Waals surface area contributed by atoms with Gasteiger partial charge in [0.05, 0.1) is 0 Å². The van der Waals surface area contributed by atoms with E-state index in [0.29, 0.717) is 0 Å². The Balaban J connectivity index is 0.000000278. The number of rotatable bonds is 1. The maximum absolute atomic E-state index is 2.55. The lowest BCUT2D eigenvalue weighted by Gasteiger charge is -2.15. The highest BCUT2D eigenvalue weighted by molar-refractivity contribution is 4.88. The molecule has 0 spiro atoms. The van der Waals surface area contributed by atoms with Crippen LogP contribution in [0.25, 0.3) is 0 Å². The summed E-state index contributed by atoms with van der Waals surface area (Å²) in [6.45, 7) is 10.2. The first-order valence-electron chi connectivity index (χ1n) is 7.12. The van der Waals surface area contributed by atoms with Gasteiger partial charge in [0.1, 0.15) is 0 Å². The smallest absolute Gasteiger partial charge is 0.0106 e. The molecular weight excluding hydrogens is 208 g/mol. The van der Waals surface area contributed by atoms with E-state index >= 15 is 0 Å². The van der Waals surface area contributed by atoms with E-state index in [-0.39, 0.29) is 0 Å². The fourth-order valence-electron chi connectivity index (χ4n) is 1.87. The summed E-state index contributed by atoms with van der Waals surface area (Å²) in [5.41, 5.74) is 0. The van der Waals surface area contributed by atoms with Gasteiger partial charge in [0.25, 0.3) is 0 Å². The van der Waals surface area contributed by atoms with E-state index in [2.05, 4.69) is 11.8 Å². The van der Waals surface area contributed by atoms with Crippen molar-refractivity contribution in [1.29, 1.82) is 0 Å². The van der Waals surface area contributed by atoms with Crippen molar-refractivity contribution in [3.8, 4) is 0 Å². The molecular formula is C15H30N2. The average molecular weight is 238 g/mol. The summed E-state index contributed by atoms with van der Waals surface area (Å²) >= 11 is 0. The Kier molecular flexibility index (Phi) is 11.2. The summed E-state index contributed by atoms with van der Waals surface area (Å²) in [6.07, 6.45) is 9.76. The first-order chi connectivity index (χ1) is 8.33. The molecule has 0 N–H and O–H groups in total. The van der Waals surface area contributed by atoms with E-state index in [0.717, 1.165) is 0 Å². The Morgan fingerprint density at radius 2 is 1.35 bits per heavy atom. The summed E-state index contributed by atoms with van der Waals surface area (Å²) < 4.78 is 2.00. The Bertz CT molecular complexity index is 221. The van der Waals surface area contributed by atoms with Crippen molar-refractivity contribution in [3.63, 3.8) is 0 Å². The number of aromatic nitrogens is 1. The molecule has 2 heterocycles. The zero-order chi connectivity index (χ0) is 12.9. The molecule has 1 aliphatic heterocycles. The number of nitrogens with zero attached hydrogens (tertiary/aromatic N) is 2. The molecule has 2 heteroatoms. The highest BCUT2D eigenvalue weighted by atomic mass is 15.1. The molecule has 0 unspecified atom stereocenters. The van der Waals surface area contributed by atoms with E-state index in [4.69, 9.17) is 0 Å². The van der Waals surface area contributed by atoms with Crippen LogP contribution in [0.15, 0.2) is 24.5 Å². The third-order valence-corrected chi connectivity index (χ3v) is 2.90. The molecule has 0 atom stereocenters. The van der Waals surface area contributed by atoms with Crippen molar-refractivity contribution < 1.29 is 0 Å². The molecule has 1 aromatic rings. The van der Waals surface area contributed by atoms with Gasteiger partial charge >= 0.3 is 0 Å². The van der Waals surface area contributed by atoms with Crippen LogP contribution in [0.4, 0.5) is 0 Å². The molecule has 1 aliphatic rings. The first kappa shape index (κ1) is 16.2. The van der Waals surface area contributed by atoms with Gasteiger partial charge in [0.2, 0.25) is 0 Å². The van der Waals surface area contributed by atoms with Gasteiger partial charge in [0, 0.05) is 19.4 Å². The third-order valence-electron chi connectivity index (χ3n) is 2.90. The number of aryl methyl sites for hydroxylation is 1. The fourth-order valence-corrected chi connectivity index (χ4v) is 1.87. The van der Waals surface area contributed by atoms with E-state index in [1.807, 2.05) is 50.0 Å². The van der Waals surface area contributed by atoms with Gasteiger partial charge in [-0.25, -0.2) is 0 Å². The van der Waals surface area contributed by atoms with Crippen LogP contribution in [0.5, 0.6) is 0 Å². The Labute approximate surface area is 108 Å². The zero-order valence-electron chi connectivity index (χ0n) is 12.2. The quantitative estimate of drug-likeness (QED) is 0.719. The molecule has 1 aromatic heterocycles. The van der Waals surface area contributed by atoms with Crippen LogP contribution in [-0.4, -0.2) is 29.1 Å². The Morgan fingerprint density at radius 3 is 1.65 bits per heavy atom. The molecule has 0 aliphatic carbocycles. The van der Waals surface area contributed by atoms with Crippen molar-refractivity contribution in [3.05, 3.63) is 24.5 Å². The molecule has 2 rings (SSSR count). The number of hydrogen-bond donors (Lipinski definition) is 0. The first-order valence-corrected chi connectivity index (χ1v) is 7.12. The molecule has 17 heavy (non-hydrogen) atoms. The molecule has 0 saturated carbocycles. The predicted octanol–water partition coefficient (Wildman–Crippen LogP) is 3.93. The number of likely N-dealkylation sites (tertiary alicyclic amines) is 1. The van der Waals surface area contributed by atoms with Crippen molar-refractivity contribution in [1.82, 2.24) is 9.47 Å². The summed E-state index contributed by atoms with van der Waals surface area (Å²) in [7, 11) is 2.00. The van der Waals surface area contributed by atoms with Gasteiger partial charge < -0.3 is 9.47 Å². The summed E-state index contributed by atoms with van der Waals surface area (Å²) in [4.78, 5) is 2.55. The Hall–Kier alpha value is -0.760. The van der Waals surface area contributed by atoms with Crippen molar-refractivity contribution in [2.45, 2.75) is 46.5 Å². The van der Waals surface area contributed by atoms with E-state index < -0.39 is 0 Å². The van der Waals surface area contributed by atoms with Gasteiger partial charge in [-0.2, -0.15) is 0 Å². The molecule has 2 nitrogen and oxygen atoms in total. The van der Waals surface area contributed by atoms with Crippen LogP contribution in [0, 0.1) is 0 Å². The molecule has 1 fully saturated rings. The van der Waals surface area contributed by atoms with Crippen molar-refractivity contribution in [2.24, 2.45) is 7.05 Å². The van der Waals surface area contributed by atoms with Crippen LogP contribution >= 0.6 is 0 Å². The standard InChI is InChI=1S/C8H17N.C5H7N.C2H6/c1-2-9-7-5-3-4-6-8-9;1-6-4-2-3-5-6;1-2/h2-8H2,1H3;2-5H,1H3;1-2H3. The number of hydrogen-bond acceptors (Lipinski definition) is 1. The molecule has 100 valence electrons. The maximum Gasteiger partial charge on any atom is 0.0106 e. The predicted molar refractivity (Wildman–Crippen MR) is 77.3 cm³/mol. The van der Waals surface area contributed by atoms with Crippen LogP contribution < -0.4 is 0 Å². The second-order valence-corrected chi connectivity index (χ2v) is 4.20. The lowest BCUT2D eigenvalue weighted by molar-refractivity contribution is 0.301. The lowest BCUT2D eigenvalue weighted by Crippen LogP contribution is -2.23. The average Bonchev–Trinajstić information content (AvgIpc) is 2.72. The van der Waals surface area contributed by atoms with E-state index in [1.165, 1.54) is 45.3 Å². The highest BCUT2D eigenvalue weighted by Crippen LogP contribution is 2.08. The molecule has 0 amide bonds. The van der Waals surface area contributed by atoms with Crippen molar-refractivity contribution in [2.75, 3.05) is 19.6 Å². The van der Waals surface area contributed by atoms with Gasteiger partial charge in [-0.05, 0) is 44.6 Å². The molecule has 0 radical (unpaired) electrons. The summed E-state index contributed by atoms with van der Waals surface area (Å²) in [5, 5.41) is 0. The summed E-state index contributed by atoms with van der Waals surface area (Å²) in [5.74, 6) is 0.